The lowest BCUT2D eigenvalue weighted by Gasteiger charge is -2.37. The number of hydrogen-bond acceptors (Lipinski definition) is 3. The van der Waals surface area contributed by atoms with Crippen molar-refractivity contribution in [3.05, 3.63) is 0 Å². The van der Waals surface area contributed by atoms with Crippen LogP contribution in [0.25, 0.3) is 0 Å². The van der Waals surface area contributed by atoms with Crippen molar-refractivity contribution in [3.63, 3.8) is 0 Å². The zero-order valence-corrected chi connectivity index (χ0v) is 7.12. The molecule has 0 bridgehead atoms. The average molecular weight is 170 g/mol. The SMILES string of the molecule is C1CC2OC2C2(C1)COCOC2. The molecular formula is C9H14O3. The molecule has 3 heteroatoms. The second-order valence-electron chi connectivity index (χ2n) is 4.16. The van der Waals surface area contributed by atoms with Gasteiger partial charge < -0.3 is 14.2 Å². The third-order valence-electron chi connectivity index (χ3n) is 3.30. The molecule has 1 spiro atoms. The molecular weight excluding hydrogens is 156 g/mol. The highest BCUT2D eigenvalue weighted by atomic mass is 16.7. The van der Waals surface area contributed by atoms with E-state index in [1.54, 1.807) is 0 Å². The average Bonchev–Trinajstić information content (AvgIpc) is 2.87. The molecule has 1 saturated carbocycles. The predicted molar refractivity (Wildman–Crippen MR) is 41.7 cm³/mol. The first-order valence-electron chi connectivity index (χ1n) is 4.72. The van der Waals surface area contributed by atoms with Gasteiger partial charge in [0.05, 0.1) is 25.4 Å². The first-order chi connectivity index (χ1) is 5.91. The largest absolute Gasteiger partial charge is 0.369 e. The summed E-state index contributed by atoms with van der Waals surface area (Å²) in [6, 6.07) is 0. The monoisotopic (exact) mass is 170 g/mol. The molecule has 3 nitrogen and oxygen atoms in total. The van der Waals surface area contributed by atoms with Crippen LogP contribution in [0.1, 0.15) is 19.3 Å². The molecule has 0 amide bonds. The molecule has 3 aliphatic rings. The van der Waals surface area contributed by atoms with Gasteiger partial charge in [-0.1, -0.05) is 0 Å². The molecule has 0 aromatic heterocycles. The van der Waals surface area contributed by atoms with Crippen LogP contribution in [0.15, 0.2) is 0 Å². The first-order valence-corrected chi connectivity index (χ1v) is 4.72. The Balaban J connectivity index is 1.78. The van der Waals surface area contributed by atoms with Gasteiger partial charge in [-0.05, 0) is 19.3 Å². The minimum Gasteiger partial charge on any atom is -0.369 e. The Kier molecular flexibility index (Phi) is 1.48. The molecule has 2 unspecified atom stereocenters. The minimum atomic E-state index is 0.223. The van der Waals surface area contributed by atoms with E-state index in [9.17, 15) is 0 Å². The van der Waals surface area contributed by atoms with Crippen LogP contribution in [0.5, 0.6) is 0 Å². The second kappa shape index (κ2) is 2.44. The molecule has 12 heavy (non-hydrogen) atoms. The number of rotatable bonds is 0. The fourth-order valence-electron chi connectivity index (χ4n) is 2.60. The van der Waals surface area contributed by atoms with Gasteiger partial charge in [-0.3, -0.25) is 0 Å². The summed E-state index contributed by atoms with van der Waals surface area (Å²) >= 11 is 0. The van der Waals surface area contributed by atoms with Crippen molar-refractivity contribution in [1.29, 1.82) is 0 Å². The predicted octanol–water partition coefficient (Wildman–Crippen LogP) is 0.928. The van der Waals surface area contributed by atoms with E-state index in [0.29, 0.717) is 19.0 Å². The molecule has 3 rings (SSSR count). The Bertz CT molecular complexity index is 181. The van der Waals surface area contributed by atoms with Crippen molar-refractivity contribution in [1.82, 2.24) is 0 Å². The van der Waals surface area contributed by atoms with Gasteiger partial charge in [-0.2, -0.15) is 0 Å². The van der Waals surface area contributed by atoms with Crippen molar-refractivity contribution in [2.75, 3.05) is 20.0 Å². The van der Waals surface area contributed by atoms with E-state index in [0.717, 1.165) is 13.2 Å². The molecule has 2 atom stereocenters. The van der Waals surface area contributed by atoms with Crippen molar-refractivity contribution in [2.45, 2.75) is 31.5 Å². The maximum Gasteiger partial charge on any atom is 0.146 e. The lowest BCUT2D eigenvalue weighted by molar-refractivity contribution is -0.174. The summed E-state index contributed by atoms with van der Waals surface area (Å²) in [6.07, 6.45) is 4.71. The summed E-state index contributed by atoms with van der Waals surface area (Å²) in [5.74, 6) is 0. The first kappa shape index (κ1) is 7.30. The van der Waals surface area contributed by atoms with Gasteiger partial charge in [0, 0.05) is 5.41 Å². The van der Waals surface area contributed by atoms with Crippen molar-refractivity contribution in [2.24, 2.45) is 5.41 Å². The van der Waals surface area contributed by atoms with Crippen LogP contribution in [0.4, 0.5) is 0 Å². The highest BCUT2D eigenvalue weighted by Crippen LogP contribution is 2.50. The summed E-state index contributed by atoms with van der Waals surface area (Å²) in [5, 5.41) is 0. The molecule has 0 aromatic rings. The van der Waals surface area contributed by atoms with Crippen molar-refractivity contribution < 1.29 is 14.2 Å². The van der Waals surface area contributed by atoms with E-state index in [1.807, 2.05) is 0 Å². The van der Waals surface area contributed by atoms with Crippen LogP contribution in [-0.2, 0) is 14.2 Å². The van der Waals surface area contributed by atoms with Gasteiger partial charge in [0.2, 0.25) is 0 Å². The lowest BCUT2D eigenvalue weighted by atomic mass is 9.75. The summed E-state index contributed by atoms with van der Waals surface area (Å²) in [4.78, 5) is 0. The van der Waals surface area contributed by atoms with Crippen LogP contribution < -0.4 is 0 Å². The summed E-state index contributed by atoms with van der Waals surface area (Å²) in [6.45, 7) is 2.15. The quantitative estimate of drug-likeness (QED) is 0.507. The van der Waals surface area contributed by atoms with Crippen LogP contribution in [0.2, 0.25) is 0 Å². The molecule has 0 N–H and O–H groups in total. The number of epoxide rings is 1. The van der Waals surface area contributed by atoms with Crippen molar-refractivity contribution in [3.8, 4) is 0 Å². The Morgan fingerprint density at radius 3 is 2.83 bits per heavy atom. The number of fused-ring (bicyclic) bond motifs is 2. The Hall–Kier alpha value is -0.120. The molecule has 0 radical (unpaired) electrons. The summed E-state index contributed by atoms with van der Waals surface area (Å²) < 4.78 is 16.3. The lowest BCUT2D eigenvalue weighted by Crippen LogP contribution is -2.44. The van der Waals surface area contributed by atoms with Gasteiger partial charge >= 0.3 is 0 Å². The normalized spacial score (nSPS) is 44.0. The number of hydrogen-bond donors (Lipinski definition) is 0. The molecule has 2 heterocycles. The second-order valence-corrected chi connectivity index (χ2v) is 4.16. The van der Waals surface area contributed by atoms with E-state index in [4.69, 9.17) is 14.2 Å². The topological polar surface area (TPSA) is 31.0 Å². The maximum absolute atomic E-state index is 5.61. The van der Waals surface area contributed by atoms with Gasteiger partial charge in [0.25, 0.3) is 0 Å². The highest BCUT2D eigenvalue weighted by molar-refractivity contribution is 5.04. The molecule has 2 aliphatic heterocycles. The van der Waals surface area contributed by atoms with E-state index in [2.05, 4.69) is 0 Å². The van der Waals surface area contributed by atoms with Crippen molar-refractivity contribution >= 4 is 0 Å². The maximum atomic E-state index is 5.61. The van der Waals surface area contributed by atoms with Gasteiger partial charge in [-0.15, -0.1) is 0 Å². The van der Waals surface area contributed by atoms with Gasteiger partial charge in [0.1, 0.15) is 6.79 Å². The standard InChI is InChI=1S/C9H14O3/c1-2-7-8(12-7)9(3-1)4-10-6-11-5-9/h7-8H,1-6H2. The van der Waals surface area contributed by atoms with E-state index < -0.39 is 0 Å². The smallest absolute Gasteiger partial charge is 0.146 e. The molecule has 3 fully saturated rings. The highest BCUT2D eigenvalue weighted by Gasteiger charge is 2.57. The third kappa shape index (κ3) is 0.934. The molecule has 0 aromatic carbocycles. The Morgan fingerprint density at radius 1 is 1.17 bits per heavy atom. The zero-order valence-electron chi connectivity index (χ0n) is 7.12. The van der Waals surface area contributed by atoms with Crippen LogP contribution in [-0.4, -0.2) is 32.2 Å². The fraction of sp³-hybridized carbons (Fsp3) is 1.00. The third-order valence-corrected chi connectivity index (χ3v) is 3.30. The van der Waals surface area contributed by atoms with E-state index in [1.165, 1.54) is 19.3 Å². The van der Waals surface area contributed by atoms with Crippen LogP contribution in [0, 0.1) is 5.41 Å². The Labute approximate surface area is 72.0 Å². The van der Waals surface area contributed by atoms with Gasteiger partial charge in [-0.25, -0.2) is 0 Å². The van der Waals surface area contributed by atoms with Crippen LogP contribution >= 0.6 is 0 Å². The molecule has 68 valence electrons. The van der Waals surface area contributed by atoms with Crippen LogP contribution in [0.3, 0.4) is 0 Å². The van der Waals surface area contributed by atoms with E-state index in [-0.39, 0.29) is 5.41 Å². The number of ether oxygens (including phenoxy) is 3. The van der Waals surface area contributed by atoms with E-state index >= 15 is 0 Å². The summed E-state index contributed by atoms with van der Waals surface area (Å²) in [7, 11) is 0. The molecule has 1 aliphatic carbocycles. The van der Waals surface area contributed by atoms with Gasteiger partial charge in [0.15, 0.2) is 0 Å². The summed E-state index contributed by atoms with van der Waals surface area (Å²) in [5.41, 5.74) is 0.223. The fourth-order valence-corrected chi connectivity index (χ4v) is 2.60. The Morgan fingerprint density at radius 2 is 2.00 bits per heavy atom. The zero-order chi connectivity index (χ0) is 8.02. The minimum absolute atomic E-state index is 0.223. The molecule has 2 saturated heterocycles.